The van der Waals surface area contributed by atoms with E-state index in [0.717, 1.165) is 29.5 Å². The Balaban J connectivity index is 1.88. The number of halogens is 2. The zero-order chi connectivity index (χ0) is 25.0. The van der Waals surface area contributed by atoms with Crippen LogP contribution in [-0.4, -0.2) is 29.3 Å². The Labute approximate surface area is 218 Å². The molecule has 4 nitrogen and oxygen atoms in total. The molecule has 0 aliphatic heterocycles. The van der Waals surface area contributed by atoms with Crippen molar-refractivity contribution in [2.75, 3.05) is 6.54 Å². The number of carbonyl (C=O) groups excluding carboxylic acids is 2. The number of unbranched alkanes of at least 4 members (excludes halogenated alkanes) is 1. The molecule has 2 amide bonds. The summed E-state index contributed by atoms with van der Waals surface area (Å²) in [5.41, 5.74) is 2.84. The van der Waals surface area contributed by atoms with Crippen LogP contribution in [0.3, 0.4) is 0 Å². The van der Waals surface area contributed by atoms with Crippen LogP contribution in [0.5, 0.6) is 0 Å². The summed E-state index contributed by atoms with van der Waals surface area (Å²) in [5.74, 6) is -0.228. The fourth-order valence-corrected chi connectivity index (χ4v) is 4.29. The lowest BCUT2D eigenvalue weighted by Crippen LogP contribution is -2.50. The first-order valence-corrected chi connectivity index (χ1v) is 12.8. The molecular weight excluding hydrogens is 479 g/mol. The summed E-state index contributed by atoms with van der Waals surface area (Å²) < 4.78 is 0. The smallest absolute Gasteiger partial charge is 0.243 e. The highest BCUT2D eigenvalue weighted by molar-refractivity contribution is 6.31. The van der Waals surface area contributed by atoms with Crippen LogP contribution in [0.25, 0.3) is 0 Å². The highest BCUT2D eigenvalue weighted by Crippen LogP contribution is 2.20. The number of amides is 2. The van der Waals surface area contributed by atoms with E-state index in [1.807, 2.05) is 66.7 Å². The Hall–Kier alpha value is -2.82. The first-order valence-electron chi connectivity index (χ1n) is 12.1. The summed E-state index contributed by atoms with van der Waals surface area (Å²) in [4.78, 5) is 28.7. The van der Waals surface area contributed by atoms with Crippen molar-refractivity contribution in [3.8, 4) is 0 Å². The van der Waals surface area contributed by atoms with E-state index in [0.29, 0.717) is 36.0 Å². The summed E-state index contributed by atoms with van der Waals surface area (Å²) in [6.07, 6.45) is 3.07. The SMILES string of the molecule is CCCCNC(=O)[C@H](Cc1ccccc1)N(Cc1ccc(Cl)cc1)C(=O)CCc1ccccc1Cl. The van der Waals surface area contributed by atoms with Gasteiger partial charge in [-0.2, -0.15) is 0 Å². The Kier molecular flexibility index (Phi) is 10.6. The molecular formula is C29H32Cl2N2O2. The van der Waals surface area contributed by atoms with Crippen molar-refractivity contribution >= 4 is 35.0 Å². The third-order valence-corrected chi connectivity index (χ3v) is 6.55. The van der Waals surface area contributed by atoms with Gasteiger partial charge in [-0.1, -0.05) is 97.2 Å². The first kappa shape index (κ1) is 26.8. The third kappa shape index (κ3) is 8.41. The van der Waals surface area contributed by atoms with Crippen molar-refractivity contribution in [2.24, 2.45) is 0 Å². The lowest BCUT2D eigenvalue weighted by molar-refractivity contribution is -0.141. The molecule has 0 unspecified atom stereocenters. The molecule has 1 N–H and O–H groups in total. The van der Waals surface area contributed by atoms with Crippen molar-refractivity contribution in [3.05, 3.63) is 106 Å². The van der Waals surface area contributed by atoms with Crippen LogP contribution in [0.2, 0.25) is 10.0 Å². The third-order valence-electron chi connectivity index (χ3n) is 5.93. The molecule has 0 bridgehead atoms. The zero-order valence-corrected chi connectivity index (χ0v) is 21.6. The van der Waals surface area contributed by atoms with Crippen LogP contribution in [0.1, 0.15) is 42.9 Å². The van der Waals surface area contributed by atoms with Gasteiger partial charge >= 0.3 is 0 Å². The molecule has 0 saturated carbocycles. The molecule has 1 atom stereocenters. The molecule has 184 valence electrons. The van der Waals surface area contributed by atoms with Crippen LogP contribution in [0.4, 0.5) is 0 Å². The van der Waals surface area contributed by atoms with Crippen molar-refractivity contribution in [1.82, 2.24) is 10.2 Å². The maximum absolute atomic E-state index is 13.6. The molecule has 3 rings (SSSR count). The maximum Gasteiger partial charge on any atom is 0.243 e. The fraction of sp³-hybridized carbons (Fsp3) is 0.310. The Bertz CT molecular complexity index is 1090. The summed E-state index contributed by atoms with van der Waals surface area (Å²) in [5, 5.41) is 4.31. The number of aryl methyl sites for hydroxylation is 1. The normalized spacial score (nSPS) is 11.6. The minimum atomic E-state index is -0.635. The number of nitrogens with zero attached hydrogens (tertiary/aromatic N) is 1. The van der Waals surface area contributed by atoms with Crippen LogP contribution in [0.15, 0.2) is 78.9 Å². The maximum atomic E-state index is 13.6. The molecule has 0 spiro atoms. The predicted molar refractivity (Wildman–Crippen MR) is 144 cm³/mol. The highest BCUT2D eigenvalue weighted by atomic mass is 35.5. The van der Waals surface area contributed by atoms with E-state index in [-0.39, 0.29) is 18.2 Å². The highest BCUT2D eigenvalue weighted by Gasteiger charge is 2.30. The summed E-state index contributed by atoms with van der Waals surface area (Å²) >= 11 is 12.4. The molecule has 3 aromatic carbocycles. The summed E-state index contributed by atoms with van der Waals surface area (Å²) in [7, 11) is 0. The van der Waals surface area contributed by atoms with Crippen molar-refractivity contribution in [3.63, 3.8) is 0 Å². The van der Waals surface area contributed by atoms with Gasteiger partial charge in [0.05, 0.1) is 0 Å². The van der Waals surface area contributed by atoms with Gasteiger partial charge in [0.25, 0.3) is 0 Å². The second kappa shape index (κ2) is 13.9. The van der Waals surface area contributed by atoms with E-state index in [1.165, 1.54) is 0 Å². The standard InChI is InChI=1S/C29H32Cl2N2O2/c1-2-3-19-32-29(35)27(20-22-9-5-4-6-10-22)33(21-23-13-16-25(30)17-14-23)28(34)18-15-24-11-7-8-12-26(24)31/h4-14,16-17,27H,2-3,15,18-21H2,1H3,(H,32,35)/t27-/m0/s1. The molecule has 3 aromatic rings. The van der Waals surface area contributed by atoms with Gasteiger partial charge in [0.2, 0.25) is 11.8 Å². The zero-order valence-electron chi connectivity index (χ0n) is 20.1. The number of benzene rings is 3. The van der Waals surface area contributed by atoms with Gasteiger partial charge in [-0.05, 0) is 47.7 Å². The van der Waals surface area contributed by atoms with Crippen LogP contribution >= 0.6 is 23.2 Å². The monoisotopic (exact) mass is 510 g/mol. The topological polar surface area (TPSA) is 49.4 Å². The van der Waals surface area contributed by atoms with Crippen LogP contribution < -0.4 is 5.32 Å². The van der Waals surface area contributed by atoms with Crippen LogP contribution in [0, 0.1) is 0 Å². The summed E-state index contributed by atoms with van der Waals surface area (Å²) in [6.45, 7) is 2.99. The Morgan fingerprint density at radius 1 is 0.886 bits per heavy atom. The lowest BCUT2D eigenvalue weighted by Gasteiger charge is -2.32. The molecule has 0 fully saturated rings. The largest absolute Gasteiger partial charge is 0.354 e. The average Bonchev–Trinajstić information content (AvgIpc) is 2.87. The van der Waals surface area contributed by atoms with Crippen LogP contribution in [-0.2, 0) is 29.0 Å². The van der Waals surface area contributed by atoms with Gasteiger partial charge in [-0.15, -0.1) is 0 Å². The average molecular weight is 511 g/mol. The quantitative estimate of drug-likeness (QED) is 0.283. The van der Waals surface area contributed by atoms with Gasteiger partial charge in [-0.3, -0.25) is 9.59 Å². The van der Waals surface area contributed by atoms with E-state index in [9.17, 15) is 9.59 Å². The van der Waals surface area contributed by atoms with E-state index < -0.39 is 6.04 Å². The number of hydrogen-bond donors (Lipinski definition) is 1. The van der Waals surface area contributed by atoms with E-state index >= 15 is 0 Å². The molecule has 0 heterocycles. The van der Waals surface area contributed by atoms with Gasteiger partial charge in [-0.25, -0.2) is 0 Å². The van der Waals surface area contributed by atoms with Gasteiger partial charge in [0.15, 0.2) is 0 Å². The first-order chi connectivity index (χ1) is 17.0. The van der Waals surface area contributed by atoms with Gasteiger partial charge in [0.1, 0.15) is 6.04 Å². The number of carbonyl (C=O) groups is 2. The Morgan fingerprint density at radius 2 is 1.57 bits per heavy atom. The van der Waals surface area contributed by atoms with Gasteiger partial charge in [0, 0.05) is 36.0 Å². The molecule has 0 aromatic heterocycles. The number of nitrogens with one attached hydrogen (secondary N) is 1. The minimum Gasteiger partial charge on any atom is -0.354 e. The molecule has 0 aliphatic carbocycles. The number of rotatable bonds is 12. The second-order valence-corrected chi connectivity index (χ2v) is 9.43. The fourth-order valence-electron chi connectivity index (χ4n) is 3.93. The summed E-state index contributed by atoms with van der Waals surface area (Å²) in [6, 6.07) is 24.1. The molecule has 0 aliphatic rings. The van der Waals surface area contributed by atoms with E-state index in [1.54, 1.807) is 17.0 Å². The molecule has 6 heteroatoms. The van der Waals surface area contributed by atoms with E-state index in [2.05, 4.69) is 12.2 Å². The molecule has 0 saturated heterocycles. The predicted octanol–water partition coefficient (Wildman–Crippen LogP) is 6.48. The molecule has 35 heavy (non-hydrogen) atoms. The Morgan fingerprint density at radius 3 is 2.26 bits per heavy atom. The number of hydrogen-bond acceptors (Lipinski definition) is 2. The minimum absolute atomic E-state index is 0.0913. The van der Waals surface area contributed by atoms with Crippen molar-refractivity contribution in [2.45, 2.75) is 51.6 Å². The van der Waals surface area contributed by atoms with Crippen molar-refractivity contribution in [1.29, 1.82) is 0 Å². The van der Waals surface area contributed by atoms with Gasteiger partial charge < -0.3 is 10.2 Å². The van der Waals surface area contributed by atoms with Crippen molar-refractivity contribution < 1.29 is 9.59 Å². The van der Waals surface area contributed by atoms with E-state index in [4.69, 9.17) is 23.2 Å². The lowest BCUT2D eigenvalue weighted by atomic mass is 10.0. The molecule has 0 radical (unpaired) electrons. The second-order valence-electron chi connectivity index (χ2n) is 8.59.